The van der Waals surface area contributed by atoms with Gasteiger partial charge < -0.3 is 24.8 Å². The standard InChI is InChI=1S/C10H15.C5H5.2ClH.Zr/c1-4-5-10-7-8(2)6-9(10)3;1-2-4-5-3-1;;;/h6-7H,4-5H2,1-3H3;1-3H,4H2;2*1H;/q2*-1;;;+4/p-2. The van der Waals surface area contributed by atoms with Gasteiger partial charge in [0.25, 0.3) is 0 Å². The molecule has 0 unspecified atom stereocenters. The molecule has 3 heteroatoms. The van der Waals surface area contributed by atoms with Crippen molar-refractivity contribution in [3.63, 3.8) is 0 Å². The number of hydrogen-bond donors (Lipinski definition) is 0. The van der Waals surface area contributed by atoms with E-state index in [4.69, 9.17) is 0 Å². The zero-order valence-corrected chi connectivity index (χ0v) is 15.2. The summed E-state index contributed by atoms with van der Waals surface area (Å²) in [6.45, 7) is 6.58. The molecule has 18 heavy (non-hydrogen) atoms. The van der Waals surface area contributed by atoms with Crippen LogP contribution in [0.3, 0.4) is 0 Å². The van der Waals surface area contributed by atoms with E-state index in [9.17, 15) is 0 Å². The fourth-order valence-corrected chi connectivity index (χ4v) is 1.74. The summed E-state index contributed by atoms with van der Waals surface area (Å²) in [5.74, 6) is 0. The minimum Gasteiger partial charge on any atom is -1.00 e. The quantitative estimate of drug-likeness (QED) is 0.550. The molecule has 98 valence electrons. The Hall–Kier alpha value is 0.293. The summed E-state index contributed by atoms with van der Waals surface area (Å²) in [4.78, 5) is 0. The van der Waals surface area contributed by atoms with Gasteiger partial charge in [-0.05, 0) is 0 Å². The molecular formula is C15H20Cl2Zr. The van der Waals surface area contributed by atoms with Crippen LogP contribution in [0.5, 0.6) is 0 Å². The van der Waals surface area contributed by atoms with Gasteiger partial charge in [-0.2, -0.15) is 23.3 Å². The van der Waals surface area contributed by atoms with Crippen LogP contribution in [0.1, 0.15) is 36.5 Å². The van der Waals surface area contributed by atoms with E-state index in [0.29, 0.717) is 0 Å². The molecule has 0 nitrogen and oxygen atoms in total. The van der Waals surface area contributed by atoms with Crippen molar-refractivity contribution in [1.29, 1.82) is 0 Å². The van der Waals surface area contributed by atoms with Gasteiger partial charge in [0, 0.05) is 0 Å². The van der Waals surface area contributed by atoms with Crippen molar-refractivity contribution in [3.8, 4) is 0 Å². The first kappa shape index (κ1) is 23.4. The summed E-state index contributed by atoms with van der Waals surface area (Å²) < 4.78 is 0. The second-order valence-electron chi connectivity index (χ2n) is 3.99. The number of allylic oxidation sites excluding steroid dienone is 4. The van der Waals surface area contributed by atoms with E-state index in [1.807, 2.05) is 12.2 Å². The molecule has 1 aliphatic carbocycles. The maximum atomic E-state index is 2.99. The van der Waals surface area contributed by atoms with Crippen LogP contribution in [0.4, 0.5) is 0 Å². The third-order valence-corrected chi connectivity index (χ3v) is 2.46. The molecule has 0 atom stereocenters. The predicted octanol–water partition coefficient (Wildman–Crippen LogP) is -1.71. The van der Waals surface area contributed by atoms with Crippen LogP contribution in [0, 0.1) is 19.9 Å². The first-order valence-electron chi connectivity index (χ1n) is 5.68. The van der Waals surface area contributed by atoms with E-state index >= 15 is 0 Å². The van der Waals surface area contributed by atoms with E-state index in [2.05, 4.69) is 45.1 Å². The normalized spacial score (nSPS) is 10.6. The smallest absolute Gasteiger partial charge is 1.00 e. The van der Waals surface area contributed by atoms with Gasteiger partial charge in [0.1, 0.15) is 0 Å². The average molecular weight is 362 g/mol. The molecule has 0 saturated carbocycles. The topological polar surface area (TPSA) is 0 Å². The van der Waals surface area contributed by atoms with Crippen LogP contribution in [0.15, 0.2) is 30.4 Å². The molecule has 0 aliphatic heterocycles. The molecular weight excluding hydrogens is 342 g/mol. The summed E-state index contributed by atoms with van der Waals surface area (Å²) in [6.07, 6.45) is 12.5. The van der Waals surface area contributed by atoms with E-state index in [-0.39, 0.29) is 51.0 Å². The molecule has 0 bridgehead atoms. The fraction of sp³-hybridized carbons (Fsp3) is 0.400. The molecule has 0 saturated heterocycles. The molecule has 2 rings (SSSR count). The monoisotopic (exact) mass is 360 g/mol. The van der Waals surface area contributed by atoms with E-state index in [1.54, 1.807) is 0 Å². The Morgan fingerprint density at radius 2 is 1.94 bits per heavy atom. The van der Waals surface area contributed by atoms with Crippen LogP contribution < -0.4 is 24.8 Å². The summed E-state index contributed by atoms with van der Waals surface area (Å²) in [7, 11) is 0. The molecule has 0 spiro atoms. The molecule has 1 aromatic rings. The third-order valence-electron chi connectivity index (χ3n) is 2.46. The van der Waals surface area contributed by atoms with Gasteiger partial charge in [-0.15, -0.1) is 6.42 Å². The second-order valence-corrected chi connectivity index (χ2v) is 3.99. The molecule has 0 N–H and O–H groups in total. The fourth-order valence-electron chi connectivity index (χ4n) is 1.74. The summed E-state index contributed by atoms with van der Waals surface area (Å²) >= 11 is 0. The minimum absolute atomic E-state index is 0. The van der Waals surface area contributed by atoms with Crippen molar-refractivity contribution in [2.24, 2.45) is 0 Å². The van der Waals surface area contributed by atoms with Gasteiger partial charge in [0.05, 0.1) is 0 Å². The third kappa shape index (κ3) is 9.25. The summed E-state index contributed by atoms with van der Waals surface area (Å²) in [5.41, 5.74) is 4.39. The number of hydrogen-bond acceptors (Lipinski definition) is 0. The minimum atomic E-state index is 0. The largest absolute Gasteiger partial charge is 4.00 e. The van der Waals surface area contributed by atoms with Gasteiger partial charge in [-0.3, -0.25) is 6.08 Å². The molecule has 0 radical (unpaired) electrons. The zero-order valence-electron chi connectivity index (χ0n) is 11.3. The van der Waals surface area contributed by atoms with Crippen molar-refractivity contribution in [1.82, 2.24) is 0 Å². The van der Waals surface area contributed by atoms with Crippen LogP contribution in [0.25, 0.3) is 0 Å². The Balaban J connectivity index is -0.000000245. The Labute approximate surface area is 143 Å². The van der Waals surface area contributed by atoms with Gasteiger partial charge in [-0.1, -0.05) is 33.6 Å². The van der Waals surface area contributed by atoms with Crippen molar-refractivity contribution < 1.29 is 51.0 Å². The molecule has 0 aromatic heterocycles. The van der Waals surface area contributed by atoms with Crippen molar-refractivity contribution >= 4 is 0 Å². The Bertz CT molecular complexity index is 341. The van der Waals surface area contributed by atoms with Crippen LogP contribution >= 0.6 is 0 Å². The molecule has 0 amide bonds. The van der Waals surface area contributed by atoms with Gasteiger partial charge >= 0.3 is 26.2 Å². The SMILES string of the molecule is CCC[c-]1cc(C)cc1C.[C-]1=CC=CC1.[Cl-].[Cl-].[Zr+4]. The maximum Gasteiger partial charge on any atom is 4.00 e. The Kier molecular flexibility index (Phi) is 17.8. The number of rotatable bonds is 2. The van der Waals surface area contributed by atoms with Crippen LogP contribution in [-0.2, 0) is 32.6 Å². The van der Waals surface area contributed by atoms with Crippen molar-refractivity contribution in [2.45, 2.75) is 40.0 Å². The average Bonchev–Trinajstić information content (AvgIpc) is 2.81. The zero-order chi connectivity index (χ0) is 11.1. The Morgan fingerprint density at radius 3 is 2.22 bits per heavy atom. The maximum absolute atomic E-state index is 2.99. The molecule has 0 heterocycles. The Morgan fingerprint density at radius 1 is 1.28 bits per heavy atom. The summed E-state index contributed by atoms with van der Waals surface area (Å²) in [6, 6.07) is 4.55. The van der Waals surface area contributed by atoms with Gasteiger partial charge in [0.2, 0.25) is 0 Å². The summed E-state index contributed by atoms with van der Waals surface area (Å²) in [5, 5.41) is 0. The molecule has 1 aromatic carbocycles. The first-order chi connectivity index (χ1) is 7.24. The van der Waals surface area contributed by atoms with Gasteiger partial charge in [0.15, 0.2) is 0 Å². The van der Waals surface area contributed by atoms with E-state index in [1.165, 1.54) is 29.5 Å². The van der Waals surface area contributed by atoms with Gasteiger partial charge in [-0.25, -0.2) is 23.8 Å². The van der Waals surface area contributed by atoms with Crippen molar-refractivity contribution in [3.05, 3.63) is 53.1 Å². The second kappa shape index (κ2) is 13.7. The first-order valence-corrected chi connectivity index (χ1v) is 5.68. The molecule has 1 aliphatic rings. The van der Waals surface area contributed by atoms with E-state index < -0.39 is 0 Å². The number of halogens is 2. The van der Waals surface area contributed by atoms with E-state index in [0.717, 1.165) is 6.42 Å². The van der Waals surface area contributed by atoms with Crippen LogP contribution in [0.2, 0.25) is 0 Å². The predicted molar refractivity (Wildman–Crippen MR) is 67.1 cm³/mol. The molecule has 0 fully saturated rings. The number of aryl methyl sites for hydroxylation is 3. The van der Waals surface area contributed by atoms with Crippen LogP contribution in [-0.4, -0.2) is 0 Å². The van der Waals surface area contributed by atoms with Crippen molar-refractivity contribution in [2.75, 3.05) is 0 Å².